The van der Waals surface area contributed by atoms with Crippen molar-refractivity contribution in [1.29, 1.82) is 0 Å². The van der Waals surface area contributed by atoms with Gasteiger partial charge in [0.15, 0.2) is 11.2 Å². The number of Topliss-reactive ketones (excluding diaryl/α,β-unsaturated/α-hetero) is 1. The number of carboxylic acids is 1. The lowest BCUT2D eigenvalue weighted by molar-refractivity contribution is -0.176. The molecule has 1 aliphatic carbocycles. The number of hydrogen-bond acceptors (Lipinski definition) is 5. The molecule has 0 aromatic heterocycles. The Kier molecular flexibility index (Phi) is 5.00. The van der Waals surface area contributed by atoms with Gasteiger partial charge in [0.05, 0.1) is 6.10 Å². The van der Waals surface area contributed by atoms with Crippen LogP contribution in [0.25, 0.3) is 0 Å². The molecule has 0 radical (unpaired) electrons. The van der Waals surface area contributed by atoms with Crippen molar-refractivity contribution in [3.05, 3.63) is 23.8 Å². The number of rotatable bonds is 1. The van der Waals surface area contributed by atoms with Gasteiger partial charge in [0.2, 0.25) is 0 Å². The van der Waals surface area contributed by atoms with Gasteiger partial charge in [-0.1, -0.05) is 46.3 Å². The van der Waals surface area contributed by atoms with Crippen LogP contribution in [0.2, 0.25) is 0 Å². The summed E-state index contributed by atoms with van der Waals surface area (Å²) in [6.45, 7) is 11.7. The van der Waals surface area contributed by atoms with Crippen molar-refractivity contribution in [2.75, 3.05) is 0 Å². The molecule has 0 saturated carbocycles. The third-order valence-electron chi connectivity index (χ3n) is 7.98. The third-order valence-corrected chi connectivity index (χ3v) is 7.98. The van der Waals surface area contributed by atoms with Crippen LogP contribution in [-0.4, -0.2) is 40.6 Å². The number of hydrogen-bond donors (Lipinski definition) is 1. The first kappa shape index (κ1) is 21.3. The minimum absolute atomic E-state index is 0.0939. The van der Waals surface area contributed by atoms with Crippen molar-refractivity contribution in [2.24, 2.45) is 29.1 Å². The standard InChI is InChI=1S/C24H32O6/c1-12-7-6-8-16-10-17(20(26)27)14(3)11-24(16)21-23(5,22(28)30-24)19(25)15(4)18(29-21)13(2)9-12/h10,12-14,16,18,21H,4,6-9,11H2,1-3,5H3,(H,26,27)/t12-,13+,14-,16-,18+,21+,23-,24-/m0/s1. The van der Waals surface area contributed by atoms with Crippen LogP contribution in [0.3, 0.4) is 0 Å². The van der Waals surface area contributed by atoms with Crippen molar-refractivity contribution in [1.82, 2.24) is 0 Å². The van der Waals surface area contributed by atoms with E-state index in [0.29, 0.717) is 29.9 Å². The number of carbonyl (C=O) groups is 3. The molecule has 6 heteroatoms. The van der Waals surface area contributed by atoms with Crippen LogP contribution in [-0.2, 0) is 23.9 Å². The Morgan fingerprint density at radius 2 is 1.93 bits per heavy atom. The molecule has 1 spiro atoms. The largest absolute Gasteiger partial charge is 0.478 e. The van der Waals surface area contributed by atoms with Crippen molar-refractivity contribution in [3.63, 3.8) is 0 Å². The van der Waals surface area contributed by atoms with E-state index in [9.17, 15) is 19.5 Å². The van der Waals surface area contributed by atoms with Gasteiger partial charge in [-0.05, 0) is 43.9 Å². The highest BCUT2D eigenvalue weighted by Gasteiger charge is 2.72. The third kappa shape index (κ3) is 2.83. The maximum absolute atomic E-state index is 13.4. The fourth-order valence-corrected chi connectivity index (χ4v) is 6.41. The van der Waals surface area contributed by atoms with Crippen molar-refractivity contribution >= 4 is 17.7 Å². The Labute approximate surface area is 177 Å². The van der Waals surface area contributed by atoms with Gasteiger partial charge >= 0.3 is 11.9 Å². The molecule has 4 rings (SSSR count). The normalized spacial score (nSPS) is 46.4. The highest BCUT2D eigenvalue weighted by molar-refractivity contribution is 6.14. The molecule has 3 saturated heterocycles. The SMILES string of the molecule is C=C1C(=O)[C@]2(C)C(=O)O[C@@]34C[C@H](C)C(C(=O)O)=C[C@@H]3CCC[C@H](C)C[C@@H](C)[C@H]1O[C@H]24. The Morgan fingerprint density at radius 3 is 2.60 bits per heavy atom. The van der Waals surface area contributed by atoms with Crippen molar-refractivity contribution in [3.8, 4) is 0 Å². The molecule has 0 unspecified atom stereocenters. The molecule has 1 N–H and O–H groups in total. The molecule has 3 aliphatic heterocycles. The predicted molar refractivity (Wildman–Crippen MR) is 110 cm³/mol. The van der Waals surface area contributed by atoms with E-state index in [1.54, 1.807) is 13.0 Å². The van der Waals surface area contributed by atoms with Crippen LogP contribution in [0, 0.1) is 29.1 Å². The van der Waals surface area contributed by atoms with Gasteiger partial charge in [-0.15, -0.1) is 0 Å². The van der Waals surface area contributed by atoms with E-state index in [0.717, 1.165) is 19.3 Å². The molecular formula is C24H32O6. The van der Waals surface area contributed by atoms with E-state index >= 15 is 0 Å². The Morgan fingerprint density at radius 1 is 1.23 bits per heavy atom. The molecular weight excluding hydrogens is 384 g/mol. The number of aliphatic carboxylic acids is 1. The first-order valence-electron chi connectivity index (χ1n) is 11.1. The molecule has 2 bridgehead atoms. The summed E-state index contributed by atoms with van der Waals surface area (Å²) in [5.41, 5.74) is -1.75. The predicted octanol–water partition coefficient (Wildman–Crippen LogP) is 3.69. The summed E-state index contributed by atoms with van der Waals surface area (Å²) in [4.78, 5) is 38.4. The molecule has 30 heavy (non-hydrogen) atoms. The maximum atomic E-state index is 13.4. The van der Waals surface area contributed by atoms with E-state index in [1.807, 2.05) is 6.92 Å². The Hall–Kier alpha value is -1.95. The summed E-state index contributed by atoms with van der Waals surface area (Å²) in [6, 6.07) is 0. The Bertz CT molecular complexity index is 843. The van der Waals surface area contributed by atoms with Gasteiger partial charge in [-0.3, -0.25) is 9.59 Å². The molecule has 0 aromatic rings. The summed E-state index contributed by atoms with van der Waals surface area (Å²) in [5.74, 6) is -1.86. The lowest BCUT2D eigenvalue weighted by Gasteiger charge is -2.48. The highest BCUT2D eigenvalue weighted by Crippen LogP contribution is 2.58. The summed E-state index contributed by atoms with van der Waals surface area (Å²) >= 11 is 0. The van der Waals surface area contributed by atoms with Crippen LogP contribution in [0.1, 0.15) is 59.8 Å². The molecule has 3 heterocycles. The van der Waals surface area contributed by atoms with Crippen LogP contribution in [0.4, 0.5) is 0 Å². The topological polar surface area (TPSA) is 89.9 Å². The molecule has 8 atom stereocenters. The summed E-state index contributed by atoms with van der Waals surface area (Å²) in [6.07, 6.45) is 4.42. The van der Waals surface area contributed by atoms with Gasteiger partial charge in [-0.25, -0.2) is 4.79 Å². The van der Waals surface area contributed by atoms with Gasteiger partial charge in [0.25, 0.3) is 0 Å². The van der Waals surface area contributed by atoms with Gasteiger partial charge in [0.1, 0.15) is 11.7 Å². The monoisotopic (exact) mass is 416 g/mol. The van der Waals surface area contributed by atoms with E-state index < -0.39 is 35.2 Å². The average Bonchev–Trinajstić information content (AvgIpc) is 2.86. The van der Waals surface area contributed by atoms with Gasteiger partial charge in [-0.2, -0.15) is 0 Å². The zero-order valence-electron chi connectivity index (χ0n) is 18.3. The molecule has 4 aliphatic rings. The lowest BCUT2D eigenvalue weighted by Crippen LogP contribution is -2.61. The Balaban J connectivity index is 1.88. The second-order valence-electron chi connectivity index (χ2n) is 10.2. The second kappa shape index (κ2) is 7.04. The van der Waals surface area contributed by atoms with E-state index in [1.165, 1.54) is 0 Å². The fraction of sp³-hybridized carbons (Fsp3) is 0.708. The number of carbonyl (C=O) groups excluding carboxylic acids is 2. The molecule has 0 amide bonds. The summed E-state index contributed by atoms with van der Waals surface area (Å²) < 4.78 is 12.7. The van der Waals surface area contributed by atoms with Gasteiger partial charge < -0.3 is 14.6 Å². The minimum atomic E-state index is -1.43. The van der Waals surface area contributed by atoms with Crippen LogP contribution >= 0.6 is 0 Å². The second-order valence-corrected chi connectivity index (χ2v) is 10.2. The zero-order chi connectivity index (χ0) is 22.0. The van der Waals surface area contributed by atoms with E-state index in [-0.39, 0.29) is 23.5 Å². The molecule has 164 valence electrons. The van der Waals surface area contributed by atoms with Gasteiger partial charge in [0, 0.05) is 17.1 Å². The summed E-state index contributed by atoms with van der Waals surface area (Å²) in [7, 11) is 0. The number of ketones is 1. The average molecular weight is 417 g/mol. The molecule has 0 aromatic carbocycles. The minimum Gasteiger partial charge on any atom is -0.478 e. The van der Waals surface area contributed by atoms with Crippen LogP contribution < -0.4 is 0 Å². The molecule has 6 nitrogen and oxygen atoms in total. The number of fused-ring (bicyclic) bond motifs is 1. The van der Waals surface area contributed by atoms with E-state index in [4.69, 9.17) is 9.47 Å². The first-order chi connectivity index (χ1) is 14.0. The van der Waals surface area contributed by atoms with Crippen molar-refractivity contribution < 1.29 is 29.0 Å². The highest BCUT2D eigenvalue weighted by atomic mass is 16.6. The number of ether oxygens (including phenoxy) is 2. The smallest absolute Gasteiger partial charge is 0.331 e. The number of carboxylic acid groups (broad SMARTS) is 1. The quantitative estimate of drug-likeness (QED) is 0.398. The lowest BCUT2D eigenvalue weighted by atomic mass is 9.61. The summed E-state index contributed by atoms with van der Waals surface area (Å²) in [5, 5.41) is 9.70. The van der Waals surface area contributed by atoms with E-state index in [2.05, 4.69) is 20.4 Å². The zero-order valence-corrected chi connectivity index (χ0v) is 18.3. The molecule has 3 fully saturated rings. The fourth-order valence-electron chi connectivity index (χ4n) is 6.41. The maximum Gasteiger partial charge on any atom is 0.331 e. The first-order valence-corrected chi connectivity index (χ1v) is 11.1. The van der Waals surface area contributed by atoms with Crippen molar-refractivity contribution in [2.45, 2.75) is 77.6 Å². The number of esters is 1. The van der Waals surface area contributed by atoms with Crippen LogP contribution in [0.5, 0.6) is 0 Å². The van der Waals surface area contributed by atoms with Crippen LogP contribution in [0.15, 0.2) is 23.8 Å².